The second-order valence-corrected chi connectivity index (χ2v) is 10.1. The normalized spacial score (nSPS) is 19.0. The Hall–Kier alpha value is 1.42. The number of rotatable bonds is 13. The van der Waals surface area contributed by atoms with Crippen LogP contribution >= 0.6 is 45.2 Å². The van der Waals surface area contributed by atoms with Crippen molar-refractivity contribution < 1.29 is 0 Å². The molecule has 0 bridgehead atoms. The smallest absolute Gasteiger partial charge is 0.0286 e. The minimum absolute atomic E-state index is 0.558. The third kappa shape index (κ3) is 8.00. The lowest BCUT2D eigenvalue weighted by molar-refractivity contribution is 0.204. The van der Waals surface area contributed by atoms with Crippen molar-refractivity contribution in [1.82, 2.24) is 4.90 Å². The first-order chi connectivity index (χ1) is 10.3. The van der Waals surface area contributed by atoms with Gasteiger partial charge in [-0.25, -0.2) is 0 Å². The molecule has 0 rings (SSSR count). The third-order valence-corrected chi connectivity index (χ3v) is 10.6. The predicted octanol–water partition coefficient (Wildman–Crippen LogP) is 6.96. The van der Waals surface area contributed by atoms with Crippen molar-refractivity contribution in [2.75, 3.05) is 20.6 Å². The predicted molar refractivity (Wildman–Crippen MR) is 120 cm³/mol. The summed E-state index contributed by atoms with van der Waals surface area (Å²) in [6.45, 7) is 10.8. The van der Waals surface area contributed by atoms with E-state index in [1.807, 2.05) is 0 Å². The van der Waals surface area contributed by atoms with Gasteiger partial charge in [-0.3, -0.25) is 0 Å². The van der Waals surface area contributed by atoms with E-state index in [-0.39, 0.29) is 0 Å². The Balaban J connectivity index is 4.86. The highest BCUT2D eigenvalue weighted by Crippen LogP contribution is 2.46. The highest BCUT2D eigenvalue weighted by molar-refractivity contribution is 14.1. The van der Waals surface area contributed by atoms with Gasteiger partial charge in [0.2, 0.25) is 0 Å². The molecule has 4 atom stereocenters. The summed E-state index contributed by atoms with van der Waals surface area (Å²) < 4.78 is 1.58. The van der Waals surface area contributed by atoms with Crippen LogP contribution in [-0.4, -0.2) is 33.4 Å². The molecule has 0 amide bonds. The Morgan fingerprint density at radius 3 is 2.05 bits per heavy atom. The van der Waals surface area contributed by atoms with Crippen LogP contribution < -0.4 is 0 Å². The van der Waals surface area contributed by atoms with Crippen molar-refractivity contribution in [3.8, 4) is 0 Å². The number of hydrogen-bond acceptors (Lipinski definition) is 1. The molecule has 2 unspecified atom stereocenters. The molecule has 0 aromatic carbocycles. The molecule has 0 N–H and O–H groups in total. The van der Waals surface area contributed by atoms with E-state index in [0.717, 1.165) is 13.8 Å². The van der Waals surface area contributed by atoms with Gasteiger partial charge < -0.3 is 4.90 Å². The topological polar surface area (TPSA) is 3.24 Å². The first-order valence-corrected chi connectivity index (χ1v) is 11.8. The van der Waals surface area contributed by atoms with Crippen LogP contribution in [0, 0.1) is 11.3 Å². The lowest BCUT2D eigenvalue weighted by Crippen LogP contribution is -2.39. The molecule has 0 aliphatic carbocycles. The summed E-state index contributed by atoms with van der Waals surface area (Å²) in [4.78, 5) is 2.32. The van der Waals surface area contributed by atoms with Crippen LogP contribution in [0.25, 0.3) is 0 Å². The van der Waals surface area contributed by atoms with Crippen LogP contribution in [0.4, 0.5) is 0 Å². The number of alkyl halides is 2. The molecule has 0 aromatic heterocycles. The lowest BCUT2D eigenvalue weighted by Gasteiger charge is -2.42. The Bertz CT molecular complexity index is 270. The molecule has 0 radical (unpaired) electrons. The maximum Gasteiger partial charge on any atom is 0.0286 e. The molecular weight excluding hydrogens is 496 g/mol. The van der Waals surface area contributed by atoms with Crippen LogP contribution in [0.3, 0.4) is 0 Å². The summed E-state index contributed by atoms with van der Waals surface area (Å²) in [6.07, 6.45) is 11.0. The minimum atomic E-state index is 0.558. The molecule has 0 spiro atoms. The summed E-state index contributed by atoms with van der Waals surface area (Å²) in [6, 6.07) is 0. The molecule has 0 aliphatic heterocycles. The van der Waals surface area contributed by atoms with E-state index >= 15 is 0 Å². The van der Waals surface area contributed by atoms with E-state index < -0.39 is 0 Å². The van der Waals surface area contributed by atoms with Gasteiger partial charge in [0.05, 0.1) is 0 Å². The highest BCUT2D eigenvalue weighted by atomic mass is 127. The number of unbranched alkanes of at least 4 members (excludes halogenated alkanes) is 2. The summed E-state index contributed by atoms with van der Waals surface area (Å²) in [5.41, 5.74) is 0.558. The monoisotopic (exact) mass is 535 g/mol. The van der Waals surface area contributed by atoms with Crippen LogP contribution in [0.1, 0.15) is 79.1 Å². The molecule has 0 heterocycles. The van der Waals surface area contributed by atoms with Gasteiger partial charge >= 0.3 is 0 Å². The van der Waals surface area contributed by atoms with Crippen molar-refractivity contribution in [3.63, 3.8) is 0 Å². The zero-order valence-corrected chi connectivity index (χ0v) is 20.1. The summed E-state index contributed by atoms with van der Waals surface area (Å²) in [5, 5.41) is 0. The van der Waals surface area contributed by atoms with Gasteiger partial charge in [0.25, 0.3) is 0 Å². The van der Waals surface area contributed by atoms with Crippen LogP contribution in [0.15, 0.2) is 0 Å². The van der Waals surface area contributed by atoms with Crippen molar-refractivity contribution in [2.45, 2.75) is 86.9 Å². The molecule has 0 saturated heterocycles. The molecule has 0 fully saturated rings. The molecule has 22 heavy (non-hydrogen) atoms. The fraction of sp³-hybridized carbons (Fsp3) is 1.00. The quantitative estimate of drug-likeness (QED) is 0.140. The largest absolute Gasteiger partial charge is 0.309 e. The number of halogens is 2. The molecule has 134 valence electrons. The highest BCUT2D eigenvalue weighted by Gasteiger charge is 2.39. The van der Waals surface area contributed by atoms with E-state index in [9.17, 15) is 0 Å². The van der Waals surface area contributed by atoms with E-state index in [4.69, 9.17) is 0 Å². The van der Waals surface area contributed by atoms with Crippen molar-refractivity contribution in [1.29, 1.82) is 0 Å². The standard InChI is InChI=1S/C19H39I2N/c1-7-10-11-14-19(9-3,13-8-2)18(21)17(20)16(4)12-15-22(5)6/h16-18H,7-15H2,1-6H3/t16-,17+,18?,19?/m1/s1. The third-order valence-electron chi connectivity index (χ3n) is 5.17. The maximum absolute atomic E-state index is 2.81. The zero-order chi connectivity index (χ0) is 17.2. The first kappa shape index (κ1) is 23.4. The molecule has 1 nitrogen and oxygen atoms in total. The molecule has 0 aliphatic rings. The van der Waals surface area contributed by atoms with Gasteiger partial charge in [-0.15, -0.1) is 0 Å². The van der Waals surface area contributed by atoms with Crippen LogP contribution in [0.2, 0.25) is 0 Å². The van der Waals surface area contributed by atoms with Gasteiger partial charge in [-0.1, -0.05) is 98.6 Å². The summed E-state index contributed by atoms with van der Waals surface area (Å²) in [7, 11) is 4.38. The lowest BCUT2D eigenvalue weighted by atomic mass is 9.71. The van der Waals surface area contributed by atoms with E-state index in [2.05, 4.69) is 91.9 Å². The van der Waals surface area contributed by atoms with Gasteiger partial charge in [0.1, 0.15) is 0 Å². The van der Waals surface area contributed by atoms with E-state index in [1.165, 1.54) is 57.9 Å². The average molecular weight is 535 g/mol. The van der Waals surface area contributed by atoms with Gasteiger partial charge in [0, 0.05) is 7.85 Å². The Kier molecular flexibility index (Phi) is 13.6. The number of nitrogens with zero attached hydrogens (tertiary/aromatic N) is 1. The van der Waals surface area contributed by atoms with Gasteiger partial charge in [-0.05, 0) is 57.7 Å². The second kappa shape index (κ2) is 12.7. The van der Waals surface area contributed by atoms with Crippen molar-refractivity contribution >= 4 is 45.2 Å². The Morgan fingerprint density at radius 1 is 0.955 bits per heavy atom. The first-order valence-electron chi connectivity index (χ1n) is 9.27. The van der Waals surface area contributed by atoms with Crippen LogP contribution in [-0.2, 0) is 0 Å². The minimum Gasteiger partial charge on any atom is -0.309 e. The van der Waals surface area contributed by atoms with Crippen LogP contribution in [0.5, 0.6) is 0 Å². The fourth-order valence-electron chi connectivity index (χ4n) is 3.42. The van der Waals surface area contributed by atoms with Gasteiger partial charge in [-0.2, -0.15) is 0 Å². The maximum atomic E-state index is 2.81. The molecule has 3 heteroatoms. The van der Waals surface area contributed by atoms with E-state index in [1.54, 1.807) is 0 Å². The van der Waals surface area contributed by atoms with E-state index in [0.29, 0.717) is 5.41 Å². The van der Waals surface area contributed by atoms with Gasteiger partial charge in [0.15, 0.2) is 0 Å². The molecule has 0 saturated carbocycles. The molecule has 0 aromatic rings. The number of hydrogen-bond donors (Lipinski definition) is 0. The SMILES string of the molecule is CCCCCC(CC)(CCC)C(I)[C@@H](I)[C@H](C)CCN(C)C. The van der Waals surface area contributed by atoms with Crippen molar-refractivity contribution in [3.05, 3.63) is 0 Å². The van der Waals surface area contributed by atoms with Crippen molar-refractivity contribution in [2.24, 2.45) is 11.3 Å². The Labute approximate surface area is 168 Å². The Morgan fingerprint density at radius 2 is 1.59 bits per heavy atom. The summed E-state index contributed by atoms with van der Waals surface area (Å²) >= 11 is 5.57. The fourth-order valence-corrected chi connectivity index (χ4v) is 6.32. The zero-order valence-electron chi connectivity index (χ0n) is 15.8. The summed E-state index contributed by atoms with van der Waals surface area (Å²) in [5.74, 6) is 0.804. The second-order valence-electron chi connectivity index (χ2n) is 7.34. The molecular formula is C19H39I2N. The average Bonchev–Trinajstić information content (AvgIpc) is 2.50.